The van der Waals surface area contributed by atoms with Gasteiger partial charge in [-0.1, -0.05) is 48.5 Å². The summed E-state index contributed by atoms with van der Waals surface area (Å²) >= 11 is 0. The van der Waals surface area contributed by atoms with Gasteiger partial charge >= 0.3 is 11.9 Å². The SMILES string of the molecule is CCOC(=O)CC[C@H](NC(=O)[C@H](Cc1ccccc1)NCc1ccc2c(c1)OCC(=O)N2Cc1ccc(C#N)cc1)C(=O)OCC. The van der Waals surface area contributed by atoms with E-state index in [2.05, 4.69) is 16.7 Å². The lowest BCUT2D eigenvalue weighted by molar-refractivity contribution is -0.149. The molecule has 0 fully saturated rings. The van der Waals surface area contributed by atoms with Crippen LogP contribution in [0.3, 0.4) is 0 Å². The number of nitriles is 1. The summed E-state index contributed by atoms with van der Waals surface area (Å²) in [5, 5.41) is 15.2. The van der Waals surface area contributed by atoms with Gasteiger partial charge in [0.25, 0.3) is 5.91 Å². The first-order valence-corrected chi connectivity index (χ1v) is 15.3. The molecule has 2 amide bonds. The number of hydrogen-bond acceptors (Lipinski definition) is 9. The molecule has 3 aromatic carbocycles. The summed E-state index contributed by atoms with van der Waals surface area (Å²) in [6, 6.07) is 22.4. The maximum absolute atomic E-state index is 13.6. The van der Waals surface area contributed by atoms with Crippen molar-refractivity contribution in [2.75, 3.05) is 24.7 Å². The van der Waals surface area contributed by atoms with Crippen molar-refractivity contribution in [3.63, 3.8) is 0 Å². The van der Waals surface area contributed by atoms with Crippen molar-refractivity contribution in [1.29, 1.82) is 5.26 Å². The first kappa shape index (κ1) is 33.7. The van der Waals surface area contributed by atoms with Gasteiger partial charge in [0, 0.05) is 13.0 Å². The molecule has 1 aliphatic rings. The van der Waals surface area contributed by atoms with Crippen LogP contribution in [-0.4, -0.2) is 55.7 Å². The maximum atomic E-state index is 13.6. The molecule has 0 aromatic heterocycles. The fraction of sp³-hybridized carbons (Fsp3) is 0.343. The summed E-state index contributed by atoms with van der Waals surface area (Å²) in [4.78, 5) is 52.6. The van der Waals surface area contributed by atoms with E-state index in [-0.39, 0.29) is 45.1 Å². The van der Waals surface area contributed by atoms with E-state index >= 15 is 0 Å². The molecule has 2 atom stereocenters. The second-order valence-corrected chi connectivity index (χ2v) is 10.7. The molecule has 1 heterocycles. The predicted octanol–water partition coefficient (Wildman–Crippen LogP) is 3.58. The Hall–Kier alpha value is -5.21. The number of nitrogens with zero attached hydrogens (tertiary/aromatic N) is 2. The van der Waals surface area contributed by atoms with Crippen molar-refractivity contribution >= 4 is 29.4 Å². The molecular formula is C35H38N4O7. The van der Waals surface area contributed by atoms with Crippen molar-refractivity contribution in [1.82, 2.24) is 10.6 Å². The van der Waals surface area contributed by atoms with Crippen LogP contribution in [0.1, 0.15) is 48.9 Å². The Labute approximate surface area is 268 Å². The number of hydrogen-bond donors (Lipinski definition) is 2. The van der Waals surface area contributed by atoms with Crippen LogP contribution in [0.5, 0.6) is 5.75 Å². The molecule has 4 rings (SSSR count). The predicted molar refractivity (Wildman–Crippen MR) is 169 cm³/mol. The van der Waals surface area contributed by atoms with Gasteiger partial charge < -0.3 is 29.7 Å². The molecule has 1 aliphatic heterocycles. The number of ether oxygens (including phenoxy) is 3. The number of anilines is 1. The lowest BCUT2D eigenvalue weighted by Crippen LogP contribution is -2.51. The lowest BCUT2D eigenvalue weighted by atomic mass is 10.0. The summed E-state index contributed by atoms with van der Waals surface area (Å²) in [5.41, 5.74) is 3.79. The highest BCUT2D eigenvalue weighted by atomic mass is 16.5. The minimum Gasteiger partial charge on any atom is -0.482 e. The molecule has 46 heavy (non-hydrogen) atoms. The third-order valence-electron chi connectivity index (χ3n) is 7.37. The van der Waals surface area contributed by atoms with Gasteiger partial charge in [0.2, 0.25) is 5.91 Å². The number of amides is 2. The molecule has 2 N–H and O–H groups in total. The number of esters is 2. The highest BCUT2D eigenvalue weighted by Crippen LogP contribution is 2.34. The number of nitrogens with one attached hydrogen (secondary N) is 2. The molecule has 11 nitrogen and oxygen atoms in total. The Morgan fingerprint density at radius 2 is 1.65 bits per heavy atom. The second kappa shape index (κ2) is 16.7. The van der Waals surface area contributed by atoms with Gasteiger partial charge in [-0.05, 0) is 67.6 Å². The number of fused-ring (bicyclic) bond motifs is 1. The van der Waals surface area contributed by atoms with Crippen LogP contribution >= 0.6 is 0 Å². The quantitative estimate of drug-likeness (QED) is 0.242. The maximum Gasteiger partial charge on any atom is 0.328 e. The average Bonchev–Trinajstić information content (AvgIpc) is 3.07. The van der Waals surface area contributed by atoms with Crippen LogP contribution in [0.2, 0.25) is 0 Å². The highest BCUT2D eigenvalue weighted by Gasteiger charge is 2.29. The van der Waals surface area contributed by atoms with Gasteiger partial charge in [0.15, 0.2) is 6.61 Å². The molecule has 0 radical (unpaired) electrons. The van der Waals surface area contributed by atoms with Gasteiger partial charge in [0.1, 0.15) is 11.8 Å². The van der Waals surface area contributed by atoms with Gasteiger partial charge in [-0.15, -0.1) is 0 Å². The summed E-state index contributed by atoms with van der Waals surface area (Å²) in [7, 11) is 0. The topological polar surface area (TPSA) is 147 Å². The largest absolute Gasteiger partial charge is 0.482 e. The summed E-state index contributed by atoms with van der Waals surface area (Å²) in [6.07, 6.45) is 0.337. The molecule has 0 bridgehead atoms. The van der Waals surface area contributed by atoms with Crippen molar-refractivity contribution in [2.24, 2.45) is 0 Å². The van der Waals surface area contributed by atoms with E-state index in [1.54, 1.807) is 30.9 Å². The number of carbonyl (C=O) groups is 4. The molecule has 240 valence electrons. The van der Waals surface area contributed by atoms with E-state index < -0.39 is 29.9 Å². The molecule has 11 heteroatoms. The number of carbonyl (C=O) groups excluding carboxylic acids is 4. The molecule has 3 aromatic rings. The van der Waals surface area contributed by atoms with Crippen molar-refractivity contribution in [3.05, 3.63) is 95.1 Å². The van der Waals surface area contributed by atoms with Gasteiger partial charge in [0.05, 0.1) is 43.1 Å². The van der Waals surface area contributed by atoms with Crippen LogP contribution < -0.4 is 20.3 Å². The van der Waals surface area contributed by atoms with E-state index in [9.17, 15) is 19.2 Å². The van der Waals surface area contributed by atoms with Crippen LogP contribution in [-0.2, 0) is 48.2 Å². The normalized spacial score (nSPS) is 13.4. The number of benzene rings is 3. The smallest absolute Gasteiger partial charge is 0.328 e. The van der Waals surface area contributed by atoms with Crippen LogP contribution in [0.4, 0.5) is 5.69 Å². The van der Waals surface area contributed by atoms with Crippen LogP contribution in [0, 0.1) is 11.3 Å². The fourth-order valence-corrected chi connectivity index (χ4v) is 5.01. The molecule has 0 aliphatic carbocycles. The summed E-state index contributed by atoms with van der Waals surface area (Å²) < 4.78 is 15.9. The molecule has 0 saturated heterocycles. The Morgan fingerprint density at radius 1 is 0.935 bits per heavy atom. The van der Waals surface area contributed by atoms with Gasteiger partial charge in [-0.3, -0.25) is 14.4 Å². The third-order valence-corrected chi connectivity index (χ3v) is 7.37. The minimum absolute atomic E-state index is 0.0430. The molecular weight excluding hydrogens is 588 g/mol. The van der Waals surface area contributed by atoms with E-state index in [1.165, 1.54) is 0 Å². The van der Waals surface area contributed by atoms with Crippen LogP contribution in [0.15, 0.2) is 72.8 Å². The Morgan fingerprint density at radius 3 is 2.35 bits per heavy atom. The highest BCUT2D eigenvalue weighted by molar-refractivity contribution is 5.97. The standard InChI is InChI=1S/C35H38N4O7/c1-3-44-33(41)17-15-28(35(43)45-4-2)38-34(42)29(18-24-8-6-5-7-9-24)37-21-27-14-16-30-31(19-27)46-23-32(40)39(30)22-26-12-10-25(20-36)11-13-26/h5-14,16,19,28-29,37H,3-4,15,17-18,21-23H2,1-2H3,(H,38,42)/t28-,29-/m0/s1. The van der Waals surface area contributed by atoms with E-state index in [4.69, 9.17) is 19.5 Å². The van der Waals surface area contributed by atoms with Crippen molar-refractivity contribution < 1.29 is 33.4 Å². The Kier molecular flexibility index (Phi) is 12.3. The third kappa shape index (κ3) is 9.39. The first-order valence-electron chi connectivity index (χ1n) is 15.3. The Bertz CT molecular complexity index is 1550. The second-order valence-electron chi connectivity index (χ2n) is 10.7. The zero-order valence-electron chi connectivity index (χ0n) is 26.0. The molecule has 0 unspecified atom stereocenters. The van der Waals surface area contributed by atoms with Crippen molar-refractivity contribution in [2.45, 2.75) is 58.3 Å². The van der Waals surface area contributed by atoms with Gasteiger partial charge in [-0.25, -0.2) is 4.79 Å². The monoisotopic (exact) mass is 626 g/mol. The van der Waals surface area contributed by atoms with Crippen molar-refractivity contribution in [3.8, 4) is 11.8 Å². The molecule has 0 spiro atoms. The number of rotatable bonds is 15. The minimum atomic E-state index is -1.02. The first-order chi connectivity index (χ1) is 22.3. The zero-order chi connectivity index (χ0) is 32.9. The summed E-state index contributed by atoms with van der Waals surface area (Å²) in [6.45, 7) is 4.23. The molecule has 0 saturated carbocycles. The van der Waals surface area contributed by atoms with E-state index in [0.29, 0.717) is 30.0 Å². The summed E-state index contributed by atoms with van der Waals surface area (Å²) in [5.74, 6) is -1.14. The van der Waals surface area contributed by atoms with E-state index in [1.807, 2.05) is 60.7 Å². The fourth-order valence-electron chi connectivity index (χ4n) is 5.01. The van der Waals surface area contributed by atoms with Crippen LogP contribution in [0.25, 0.3) is 0 Å². The lowest BCUT2D eigenvalue weighted by Gasteiger charge is -2.30. The van der Waals surface area contributed by atoms with E-state index in [0.717, 1.165) is 16.7 Å². The Balaban J connectivity index is 1.48. The average molecular weight is 627 g/mol. The van der Waals surface area contributed by atoms with Gasteiger partial charge in [-0.2, -0.15) is 5.26 Å². The zero-order valence-corrected chi connectivity index (χ0v) is 26.0.